The van der Waals surface area contributed by atoms with Crippen LogP contribution in [0, 0.1) is 19.8 Å². The van der Waals surface area contributed by atoms with Gasteiger partial charge >= 0.3 is 12.0 Å². The van der Waals surface area contributed by atoms with E-state index in [0.717, 1.165) is 11.1 Å². The lowest BCUT2D eigenvalue weighted by Gasteiger charge is -2.20. The molecule has 0 aliphatic heterocycles. The number of benzene rings is 1. The molecule has 0 aliphatic carbocycles. The lowest BCUT2D eigenvalue weighted by atomic mass is 9.99. The SMILES string of the molecule is CCC(C)[C@H](NC(=O)Nc1cc(C)cc(C)c1)C(=O)O. The van der Waals surface area contributed by atoms with Gasteiger partial charge in [0.05, 0.1) is 0 Å². The number of anilines is 1. The van der Waals surface area contributed by atoms with Crippen LogP contribution in [0.2, 0.25) is 0 Å². The van der Waals surface area contributed by atoms with Crippen LogP contribution in [0.15, 0.2) is 18.2 Å². The molecule has 5 heteroatoms. The van der Waals surface area contributed by atoms with Gasteiger partial charge in [0.1, 0.15) is 6.04 Å². The highest BCUT2D eigenvalue weighted by Gasteiger charge is 2.25. The highest BCUT2D eigenvalue weighted by atomic mass is 16.4. The van der Waals surface area contributed by atoms with E-state index in [-0.39, 0.29) is 5.92 Å². The lowest BCUT2D eigenvalue weighted by molar-refractivity contribution is -0.140. The molecule has 0 saturated carbocycles. The van der Waals surface area contributed by atoms with Crippen molar-refractivity contribution >= 4 is 17.7 Å². The largest absolute Gasteiger partial charge is 0.480 e. The minimum atomic E-state index is -1.02. The summed E-state index contributed by atoms with van der Waals surface area (Å²) in [4.78, 5) is 23.0. The summed E-state index contributed by atoms with van der Waals surface area (Å²) in [5.74, 6) is -1.15. The van der Waals surface area contributed by atoms with Gasteiger partial charge in [0, 0.05) is 5.69 Å². The number of hydrogen-bond donors (Lipinski definition) is 3. The van der Waals surface area contributed by atoms with Crippen LogP contribution in [0.25, 0.3) is 0 Å². The summed E-state index contributed by atoms with van der Waals surface area (Å²) < 4.78 is 0. The maximum atomic E-state index is 11.9. The van der Waals surface area contributed by atoms with Crippen molar-refractivity contribution < 1.29 is 14.7 Å². The van der Waals surface area contributed by atoms with E-state index in [4.69, 9.17) is 5.11 Å². The van der Waals surface area contributed by atoms with E-state index in [1.54, 1.807) is 6.92 Å². The molecule has 20 heavy (non-hydrogen) atoms. The molecule has 110 valence electrons. The van der Waals surface area contributed by atoms with Crippen molar-refractivity contribution in [3.8, 4) is 0 Å². The molecule has 0 aliphatic rings. The molecule has 2 amide bonds. The van der Waals surface area contributed by atoms with E-state index in [9.17, 15) is 9.59 Å². The Morgan fingerprint density at radius 3 is 2.20 bits per heavy atom. The van der Waals surface area contributed by atoms with Gasteiger partial charge in [-0.25, -0.2) is 9.59 Å². The van der Waals surface area contributed by atoms with Gasteiger partial charge in [-0.15, -0.1) is 0 Å². The second-order valence-electron chi connectivity index (χ2n) is 5.18. The monoisotopic (exact) mass is 278 g/mol. The smallest absolute Gasteiger partial charge is 0.326 e. The summed E-state index contributed by atoms with van der Waals surface area (Å²) in [6.45, 7) is 7.57. The van der Waals surface area contributed by atoms with Gasteiger partial charge in [-0.05, 0) is 43.0 Å². The molecule has 1 unspecified atom stereocenters. The van der Waals surface area contributed by atoms with Crippen molar-refractivity contribution in [2.45, 2.75) is 40.2 Å². The van der Waals surface area contributed by atoms with Crippen LogP contribution in [-0.2, 0) is 4.79 Å². The fraction of sp³-hybridized carbons (Fsp3) is 0.467. The zero-order valence-electron chi connectivity index (χ0n) is 12.4. The van der Waals surface area contributed by atoms with Crippen LogP contribution in [-0.4, -0.2) is 23.1 Å². The van der Waals surface area contributed by atoms with Crippen LogP contribution in [0.4, 0.5) is 10.5 Å². The molecule has 0 spiro atoms. The van der Waals surface area contributed by atoms with E-state index >= 15 is 0 Å². The topological polar surface area (TPSA) is 78.4 Å². The summed E-state index contributed by atoms with van der Waals surface area (Å²) in [6, 6.07) is 4.30. The van der Waals surface area contributed by atoms with Crippen molar-refractivity contribution in [1.29, 1.82) is 0 Å². The highest BCUT2D eigenvalue weighted by molar-refractivity contribution is 5.92. The molecule has 3 N–H and O–H groups in total. The second-order valence-corrected chi connectivity index (χ2v) is 5.18. The predicted octanol–water partition coefficient (Wildman–Crippen LogP) is 2.92. The minimum Gasteiger partial charge on any atom is -0.480 e. The molecule has 1 aromatic rings. The summed E-state index contributed by atoms with van der Waals surface area (Å²) in [5, 5.41) is 14.3. The standard InChI is InChI=1S/C15H22N2O3/c1-5-11(4)13(14(18)19)17-15(20)16-12-7-9(2)6-10(3)8-12/h6-8,11,13H,5H2,1-4H3,(H,18,19)(H2,16,17,20)/t11?,13-/m0/s1. The number of urea groups is 1. The summed E-state index contributed by atoms with van der Waals surface area (Å²) in [6.07, 6.45) is 0.681. The number of carboxylic acids is 1. The van der Waals surface area contributed by atoms with Crippen molar-refractivity contribution in [1.82, 2.24) is 5.32 Å². The Morgan fingerprint density at radius 1 is 1.20 bits per heavy atom. The third-order valence-electron chi connectivity index (χ3n) is 3.25. The highest BCUT2D eigenvalue weighted by Crippen LogP contribution is 2.14. The first-order chi connectivity index (χ1) is 9.33. The molecule has 0 saturated heterocycles. The Kier molecular flexibility index (Phi) is 5.55. The Morgan fingerprint density at radius 2 is 1.75 bits per heavy atom. The first-order valence-electron chi connectivity index (χ1n) is 6.72. The number of amides is 2. The van der Waals surface area contributed by atoms with Crippen molar-refractivity contribution in [3.63, 3.8) is 0 Å². The summed E-state index contributed by atoms with van der Waals surface area (Å²) in [5.41, 5.74) is 2.74. The van der Waals surface area contributed by atoms with Gasteiger partial charge in [-0.1, -0.05) is 26.3 Å². The molecule has 0 fully saturated rings. The van der Waals surface area contributed by atoms with Crippen LogP contribution < -0.4 is 10.6 Å². The normalized spacial score (nSPS) is 13.4. The average Bonchev–Trinajstić information content (AvgIpc) is 2.33. The number of nitrogens with one attached hydrogen (secondary N) is 2. The van der Waals surface area contributed by atoms with E-state index in [1.807, 2.05) is 39.0 Å². The first kappa shape index (κ1) is 16.0. The van der Waals surface area contributed by atoms with Gasteiger partial charge < -0.3 is 15.7 Å². The summed E-state index contributed by atoms with van der Waals surface area (Å²) in [7, 11) is 0. The van der Waals surface area contributed by atoms with Crippen LogP contribution in [0.5, 0.6) is 0 Å². The molecular formula is C15H22N2O3. The van der Waals surface area contributed by atoms with Crippen LogP contribution in [0.3, 0.4) is 0 Å². The molecular weight excluding hydrogens is 256 g/mol. The molecule has 0 heterocycles. The number of hydrogen-bond acceptors (Lipinski definition) is 2. The number of carbonyl (C=O) groups is 2. The van der Waals surface area contributed by atoms with Gasteiger partial charge in [0.15, 0.2) is 0 Å². The van der Waals surface area contributed by atoms with E-state index < -0.39 is 18.0 Å². The van der Waals surface area contributed by atoms with E-state index in [1.165, 1.54) is 0 Å². The number of carboxylic acid groups (broad SMARTS) is 1. The van der Waals surface area contributed by atoms with Gasteiger partial charge in [0.25, 0.3) is 0 Å². The average molecular weight is 278 g/mol. The fourth-order valence-corrected chi connectivity index (χ4v) is 2.04. The molecule has 0 bridgehead atoms. The Bertz CT molecular complexity index is 480. The molecule has 5 nitrogen and oxygen atoms in total. The third-order valence-corrected chi connectivity index (χ3v) is 3.25. The lowest BCUT2D eigenvalue weighted by Crippen LogP contribution is -2.46. The van der Waals surface area contributed by atoms with Gasteiger partial charge in [0.2, 0.25) is 0 Å². The second kappa shape index (κ2) is 6.93. The zero-order chi connectivity index (χ0) is 15.3. The predicted molar refractivity (Wildman–Crippen MR) is 78.9 cm³/mol. The number of carbonyl (C=O) groups excluding carboxylic acids is 1. The van der Waals surface area contributed by atoms with Gasteiger partial charge in [-0.2, -0.15) is 0 Å². The van der Waals surface area contributed by atoms with E-state index in [0.29, 0.717) is 12.1 Å². The van der Waals surface area contributed by atoms with E-state index in [2.05, 4.69) is 10.6 Å². The maximum absolute atomic E-state index is 11.9. The van der Waals surface area contributed by atoms with Crippen molar-refractivity contribution in [3.05, 3.63) is 29.3 Å². The number of aliphatic carboxylic acids is 1. The molecule has 1 aromatic carbocycles. The van der Waals surface area contributed by atoms with Crippen molar-refractivity contribution in [2.75, 3.05) is 5.32 Å². The quantitative estimate of drug-likeness (QED) is 0.775. The Labute approximate surface area is 119 Å². The zero-order valence-corrected chi connectivity index (χ0v) is 12.4. The molecule has 2 atom stereocenters. The third kappa shape index (κ3) is 4.57. The molecule has 0 radical (unpaired) electrons. The maximum Gasteiger partial charge on any atom is 0.326 e. The van der Waals surface area contributed by atoms with Gasteiger partial charge in [-0.3, -0.25) is 0 Å². The van der Waals surface area contributed by atoms with Crippen molar-refractivity contribution in [2.24, 2.45) is 5.92 Å². The number of aryl methyl sites for hydroxylation is 2. The first-order valence-corrected chi connectivity index (χ1v) is 6.72. The van der Waals surface area contributed by atoms with Crippen LogP contribution in [0.1, 0.15) is 31.4 Å². The number of rotatable bonds is 5. The Hall–Kier alpha value is -2.04. The minimum absolute atomic E-state index is 0.127. The molecule has 1 rings (SSSR count). The van der Waals surface area contributed by atoms with Crippen LogP contribution >= 0.6 is 0 Å². The Balaban J connectivity index is 2.73. The summed E-state index contributed by atoms with van der Waals surface area (Å²) >= 11 is 0. The fourth-order valence-electron chi connectivity index (χ4n) is 2.04. The molecule has 0 aromatic heterocycles.